The van der Waals surface area contributed by atoms with Gasteiger partial charge in [-0.15, -0.1) is 0 Å². The number of aliphatic hydroxyl groups excluding tert-OH is 1. The molecule has 2 heterocycles. The molecule has 0 spiro atoms. The standard InChI is InChI=1S/C28H28N2O4/c1-16(2)21-14-19(9-11-23(21)34-5)26(31)24-25(20-7-6-12-29-15-20)30(28(33)27(24)32)22-10-8-17(3)13-18(22)4/h6-16,25,31H,1-5H3/b26-24-. The molecule has 3 aromatic rings. The Balaban J connectivity index is 1.95. The molecule has 0 radical (unpaired) electrons. The maximum absolute atomic E-state index is 13.4. The summed E-state index contributed by atoms with van der Waals surface area (Å²) >= 11 is 0. The summed E-state index contributed by atoms with van der Waals surface area (Å²) < 4.78 is 5.46. The minimum absolute atomic E-state index is 0.0397. The van der Waals surface area contributed by atoms with Gasteiger partial charge in [0.25, 0.3) is 11.7 Å². The summed E-state index contributed by atoms with van der Waals surface area (Å²) in [5.74, 6) is -0.794. The van der Waals surface area contributed by atoms with Crippen LogP contribution in [-0.2, 0) is 9.59 Å². The Labute approximate surface area is 199 Å². The summed E-state index contributed by atoms with van der Waals surface area (Å²) in [6.07, 6.45) is 3.25. The zero-order valence-electron chi connectivity index (χ0n) is 20.0. The maximum Gasteiger partial charge on any atom is 0.300 e. The van der Waals surface area contributed by atoms with E-state index in [9.17, 15) is 14.7 Å². The lowest BCUT2D eigenvalue weighted by atomic mass is 9.93. The predicted molar refractivity (Wildman–Crippen MR) is 132 cm³/mol. The van der Waals surface area contributed by atoms with Crippen molar-refractivity contribution in [3.05, 3.63) is 94.3 Å². The topological polar surface area (TPSA) is 79.7 Å². The Kier molecular flexibility index (Phi) is 6.24. The molecule has 1 saturated heterocycles. The number of rotatable bonds is 5. The average molecular weight is 457 g/mol. The van der Waals surface area contributed by atoms with E-state index in [1.165, 1.54) is 4.90 Å². The van der Waals surface area contributed by atoms with Gasteiger partial charge in [0.15, 0.2) is 0 Å². The summed E-state index contributed by atoms with van der Waals surface area (Å²) in [6, 6.07) is 13.7. The molecule has 6 nitrogen and oxygen atoms in total. The minimum Gasteiger partial charge on any atom is -0.507 e. The first-order valence-corrected chi connectivity index (χ1v) is 11.2. The van der Waals surface area contributed by atoms with Crippen LogP contribution in [0.25, 0.3) is 5.76 Å². The number of pyridine rings is 1. The van der Waals surface area contributed by atoms with E-state index in [-0.39, 0.29) is 17.3 Å². The molecule has 34 heavy (non-hydrogen) atoms. The SMILES string of the molecule is COc1ccc(/C(O)=C2/C(=O)C(=O)N(c3ccc(C)cc3C)C2c2cccnc2)cc1C(C)C. The monoisotopic (exact) mass is 456 g/mol. The van der Waals surface area contributed by atoms with Crippen molar-refractivity contribution in [1.82, 2.24) is 4.98 Å². The summed E-state index contributed by atoms with van der Waals surface area (Å²) in [5.41, 5.74) is 4.57. The highest BCUT2D eigenvalue weighted by atomic mass is 16.5. The zero-order chi connectivity index (χ0) is 24.6. The van der Waals surface area contributed by atoms with Crippen LogP contribution in [0.2, 0.25) is 0 Å². The molecule has 4 rings (SSSR count). The van der Waals surface area contributed by atoms with Gasteiger partial charge in [0, 0.05) is 23.6 Å². The molecule has 1 fully saturated rings. The first kappa shape index (κ1) is 23.2. The number of aromatic nitrogens is 1. The van der Waals surface area contributed by atoms with E-state index in [1.807, 2.05) is 52.0 Å². The van der Waals surface area contributed by atoms with Crippen LogP contribution in [0.5, 0.6) is 5.75 Å². The Morgan fingerprint density at radius 1 is 1.09 bits per heavy atom. The number of benzene rings is 2. The molecular formula is C28H28N2O4. The van der Waals surface area contributed by atoms with Gasteiger partial charge in [0.2, 0.25) is 0 Å². The average Bonchev–Trinajstić information content (AvgIpc) is 3.09. The third-order valence-electron chi connectivity index (χ3n) is 6.18. The number of hydrogen-bond acceptors (Lipinski definition) is 5. The quantitative estimate of drug-likeness (QED) is 0.313. The zero-order valence-corrected chi connectivity index (χ0v) is 20.0. The number of hydrogen-bond donors (Lipinski definition) is 1. The Morgan fingerprint density at radius 3 is 2.47 bits per heavy atom. The van der Waals surface area contributed by atoms with Crippen LogP contribution >= 0.6 is 0 Å². The van der Waals surface area contributed by atoms with Crippen LogP contribution in [0.3, 0.4) is 0 Å². The lowest BCUT2D eigenvalue weighted by molar-refractivity contribution is -0.132. The summed E-state index contributed by atoms with van der Waals surface area (Å²) in [6.45, 7) is 7.92. The molecule has 6 heteroatoms. The second-order valence-electron chi connectivity index (χ2n) is 8.86. The van der Waals surface area contributed by atoms with E-state index < -0.39 is 17.7 Å². The minimum atomic E-state index is -0.806. The van der Waals surface area contributed by atoms with Crippen LogP contribution in [0.1, 0.15) is 53.6 Å². The smallest absolute Gasteiger partial charge is 0.300 e. The lowest BCUT2D eigenvalue weighted by Crippen LogP contribution is -2.30. The van der Waals surface area contributed by atoms with E-state index in [0.717, 1.165) is 16.7 Å². The molecule has 0 bridgehead atoms. The second-order valence-corrected chi connectivity index (χ2v) is 8.86. The van der Waals surface area contributed by atoms with Gasteiger partial charge < -0.3 is 9.84 Å². The summed E-state index contributed by atoms with van der Waals surface area (Å²) in [5, 5.41) is 11.4. The van der Waals surface area contributed by atoms with Crippen molar-refractivity contribution in [2.24, 2.45) is 0 Å². The van der Waals surface area contributed by atoms with Gasteiger partial charge in [-0.3, -0.25) is 19.5 Å². The number of amides is 1. The number of aliphatic hydroxyl groups is 1. The van der Waals surface area contributed by atoms with Crippen LogP contribution in [0, 0.1) is 13.8 Å². The van der Waals surface area contributed by atoms with Crippen molar-refractivity contribution in [2.75, 3.05) is 12.0 Å². The fraction of sp³-hybridized carbons (Fsp3) is 0.250. The van der Waals surface area contributed by atoms with Crippen molar-refractivity contribution >= 4 is 23.1 Å². The highest BCUT2D eigenvalue weighted by Gasteiger charge is 2.47. The number of aryl methyl sites for hydroxylation is 2. The van der Waals surface area contributed by atoms with Crippen LogP contribution in [0.4, 0.5) is 5.69 Å². The first-order chi connectivity index (χ1) is 16.2. The highest BCUT2D eigenvalue weighted by Crippen LogP contribution is 2.43. The van der Waals surface area contributed by atoms with Gasteiger partial charge in [-0.25, -0.2) is 0 Å². The Hall–Kier alpha value is -3.93. The molecule has 174 valence electrons. The molecule has 1 aliphatic heterocycles. The summed E-state index contributed by atoms with van der Waals surface area (Å²) in [4.78, 5) is 32.4. The van der Waals surface area contributed by atoms with Crippen molar-refractivity contribution in [3.8, 4) is 5.75 Å². The van der Waals surface area contributed by atoms with Gasteiger partial charge in [-0.1, -0.05) is 37.6 Å². The number of anilines is 1. The van der Waals surface area contributed by atoms with Crippen LogP contribution < -0.4 is 9.64 Å². The lowest BCUT2D eigenvalue weighted by Gasteiger charge is -2.26. The van der Waals surface area contributed by atoms with Crippen LogP contribution in [0.15, 0.2) is 66.5 Å². The second kappa shape index (κ2) is 9.14. The van der Waals surface area contributed by atoms with Gasteiger partial charge in [-0.2, -0.15) is 0 Å². The predicted octanol–water partition coefficient (Wildman–Crippen LogP) is 5.46. The number of Topliss-reactive ketones (excluding diaryl/α,β-unsaturated/α-hetero) is 1. The molecule has 1 aliphatic rings. The summed E-state index contributed by atoms with van der Waals surface area (Å²) in [7, 11) is 1.60. The first-order valence-electron chi connectivity index (χ1n) is 11.2. The highest BCUT2D eigenvalue weighted by molar-refractivity contribution is 6.51. The Morgan fingerprint density at radius 2 is 1.85 bits per heavy atom. The van der Waals surface area contributed by atoms with Gasteiger partial charge >= 0.3 is 0 Å². The van der Waals surface area contributed by atoms with E-state index >= 15 is 0 Å². The molecule has 1 N–H and O–H groups in total. The van der Waals surface area contributed by atoms with E-state index in [4.69, 9.17) is 4.74 Å². The normalized spacial score (nSPS) is 17.5. The Bertz CT molecular complexity index is 1300. The van der Waals surface area contributed by atoms with Crippen molar-refractivity contribution < 1.29 is 19.4 Å². The van der Waals surface area contributed by atoms with E-state index in [2.05, 4.69) is 4.98 Å². The molecule has 1 aromatic heterocycles. The number of ketones is 1. The maximum atomic E-state index is 13.4. The van der Waals surface area contributed by atoms with Crippen molar-refractivity contribution in [3.63, 3.8) is 0 Å². The van der Waals surface area contributed by atoms with E-state index in [1.54, 1.807) is 43.8 Å². The molecule has 0 saturated carbocycles. The molecule has 1 amide bonds. The molecule has 1 unspecified atom stereocenters. The van der Waals surface area contributed by atoms with E-state index in [0.29, 0.717) is 22.6 Å². The van der Waals surface area contributed by atoms with Gasteiger partial charge in [0.05, 0.1) is 18.7 Å². The van der Waals surface area contributed by atoms with Crippen molar-refractivity contribution in [1.29, 1.82) is 0 Å². The van der Waals surface area contributed by atoms with Gasteiger partial charge in [-0.05, 0) is 66.8 Å². The number of carbonyl (C=O) groups is 2. The number of methoxy groups -OCH3 is 1. The third kappa shape index (κ3) is 3.96. The number of carbonyl (C=O) groups excluding carboxylic acids is 2. The molecular weight excluding hydrogens is 428 g/mol. The number of ether oxygens (including phenoxy) is 1. The molecule has 2 aromatic carbocycles. The van der Waals surface area contributed by atoms with Crippen molar-refractivity contribution in [2.45, 2.75) is 39.7 Å². The molecule has 0 aliphatic carbocycles. The fourth-order valence-electron chi connectivity index (χ4n) is 4.50. The van der Waals surface area contributed by atoms with Crippen LogP contribution in [-0.4, -0.2) is 28.9 Å². The fourth-order valence-corrected chi connectivity index (χ4v) is 4.50. The molecule has 1 atom stereocenters. The largest absolute Gasteiger partial charge is 0.507 e. The third-order valence-corrected chi connectivity index (χ3v) is 6.18. The number of nitrogens with zero attached hydrogens (tertiary/aromatic N) is 2. The van der Waals surface area contributed by atoms with Gasteiger partial charge in [0.1, 0.15) is 11.5 Å².